The first kappa shape index (κ1) is 6.77. The summed E-state index contributed by atoms with van der Waals surface area (Å²) in [7, 11) is 0. The van der Waals surface area contributed by atoms with E-state index in [4.69, 9.17) is 0 Å². The average Bonchev–Trinajstić information content (AvgIpc) is 2.64. The van der Waals surface area contributed by atoms with Gasteiger partial charge in [-0.15, -0.1) is 0 Å². The molecular weight excluding hydrogens is 141 g/mol. The molecule has 0 amide bonds. The normalized spacial score (nSPS) is 16.9. The summed E-state index contributed by atoms with van der Waals surface area (Å²) in [6, 6.07) is 3.52. The predicted octanol–water partition coefficient (Wildman–Crippen LogP) is 2.41. The summed E-state index contributed by atoms with van der Waals surface area (Å²) >= 11 is 0. The molecule has 0 unspecified atom stereocenters. The highest BCUT2D eigenvalue weighted by Crippen LogP contribution is 2.40. The summed E-state index contributed by atoms with van der Waals surface area (Å²) in [6.45, 7) is 1.83. The topological polar surface area (TPSA) is 12.9 Å². The van der Waals surface area contributed by atoms with Gasteiger partial charge in [-0.05, 0) is 43.4 Å². The summed E-state index contributed by atoms with van der Waals surface area (Å²) in [6.07, 6.45) is 2.42. The zero-order valence-electron chi connectivity index (χ0n) is 6.47. The molecule has 1 aromatic heterocycles. The lowest BCUT2D eigenvalue weighted by molar-refractivity contribution is 0.577. The zero-order chi connectivity index (χ0) is 7.84. The molecule has 1 heterocycles. The van der Waals surface area contributed by atoms with E-state index in [-0.39, 0.29) is 5.95 Å². The Balaban J connectivity index is 2.39. The van der Waals surface area contributed by atoms with Crippen LogP contribution in [-0.4, -0.2) is 4.98 Å². The number of halogens is 1. The summed E-state index contributed by atoms with van der Waals surface area (Å²) in [4.78, 5) is 3.68. The van der Waals surface area contributed by atoms with Crippen LogP contribution in [0.25, 0.3) is 0 Å². The molecule has 1 saturated carbocycles. The third-order valence-electron chi connectivity index (χ3n) is 1.99. The van der Waals surface area contributed by atoms with Gasteiger partial charge in [0.1, 0.15) is 0 Å². The van der Waals surface area contributed by atoms with Crippen molar-refractivity contribution in [2.75, 3.05) is 0 Å². The van der Waals surface area contributed by atoms with E-state index in [9.17, 15) is 4.39 Å². The monoisotopic (exact) mass is 151 g/mol. The molecule has 0 atom stereocenters. The standard InChI is InChI=1S/C9H10FN/c1-6-4-8(7-2-3-7)5-9(10)11-6/h4-5,7H,2-3H2,1H3. The Morgan fingerprint density at radius 1 is 1.45 bits per heavy atom. The summed E-state index contributed by atoms with van der Waals surface area (Å²) in [5.41, 5.74) is 1.90. The number of hydrogen-bond acceptors (Lipinski definition) is 1. The summed E-state index contributed by atoms with van der Waals surface area (Å²) < 4.78 is 12.7. The predicted molar refractivity (Wildman–Crippen MR) is 40.9 cm³/mol. The van der Waals surface area contributed by atoms with Crippen molar-refractivity contribution in [2.45, 2.75) is 25.7 Å². The van der Waals surface area contributed by atoms with Crippen LogP contribution in [0.15, 0.2) is 12.1 Å². The fraction of sp³-hybridized carbons (Fsp3) is 0.444. The van der Waals surface area contributed by atoms with Crippen molar-refractivity contribution in [1.82, 2.24) is 4.98 Å². The van der Waals surface area contributed by atoms with Gasteiger partial charge < -0.3 is 0 Å². The molecule has 2 heteroatoms. The van der Waals surface area contributed by atoms with E-state index in [2.05, 4.69) is 4.98 Å². The highest BCUT2D eigenvalue weighted by Gasteiger charge is 2.24. The zero-order valence-corrected chi connectivity index (χ0v) is 6.47. The van der Waals surface area contributed by atoms with E-state index >= 15 is 0 Å². The largest absolute Gasteiger partial charge is 0.225 e. The van der Waals surface area contributed by atoms with Crippen molar-refractivity contribution in [3.8, 4) is 0 Å². The number of hydrogen-bond donors (Lipinski definition) is 0. The number of rotatable bonds is 1. The van der Waals surface area contributed by atoms with E-state index in [0.29, 0.717) is 5.92 Å². The van der Waals surface area contributed by atoms with Crippen LogP contribution in [0.2, 0.25) is 0 Å². The SMILES string of the molecule is Cc1cc(C2CC2)cc(F)n1. The van der Waals surface area contributed by atoms with Crippen molar-refractivity contribution in [1.29, 1.82) is 0 Å². The quantitative estimate of drug-likeness (QED) is 0.561. The second-order valence-electron chi connectivity index (χ2n) is 3.14. The van der Waals surface area contributed by atoms with Crippen LogP contribution in [0, 0.1) is 12.9 Å². The Labute approximate surface area is 65.3 Å². The van der Waals surface area contributed by atoms with Crippen molar-refractivity contribution in [2.24, 2.45) is 0 Å². The van der Waals surface area contributed by atoms with Crippen LogP contribution in [-0.2, 0) is 0 Å². The lowest BCUT2D eigenvalue weighted by Crippen LogP contribution is -1.90. The third kappa shape index (κ3) is 1.39. The minimum Gasteiger partial charge on any atom is -0.225 e. The molecule has 0 spiro atoms. The summed E-state index contributed by atoms with van der Waals surface area (Å²) in [5, 5.41) is 0. The van der Waals surface area contributed by atoms with Crippen molar-refractivity contribution >= 4 is 0 Å². The van der Waals surface area contributed by atoms with Gasteiger partial charge in [-0.1, -0.05) is 0 Å². The fourth-order valence-corrected chi connectivity index (χ4v) is 1.31. The molecule has 1 aliphatic carbocycles. The maximum absolute atomic E-state index is 12.7. The maximum atomic E-state index is 12.7. The van der Waals surface area contributed by atoms with Crippen LogP contribution in [0.3, 0.4) is 0 Å². The molecule has 0 N–H and O–H groups in total. The second kappa shape index (κ2) is 2.29. The molecular formula is C9H10FN. The van der Waals surface area contributed by atoms with Crippen molar-refractivity contribution in [3.63, 3.8) is 0 Å². The van der Waals surface area contributed by atoms with Crippen LogP contribution < -0.4 is 0 Å². The molecule has 0 bridgehead atoms. The van der Waals surface area contributed by atoms with E-state index in [1.807, 2.05) is 13.0 Å². The van der Waals surface area contributed by atoms with Gasteiger partial charge in [0.2, 0.25) is 5.95 Å². The van der Waals surface area contributed by atoms with Crippen LogP contribution in [0.5, 0.6) is 0 Å². The molecule has 11 heavy (non-hydrogen) atoms. The Kier molecular flexibility index (Phi) is 1.41. The van der Waals surface area contributed by atoms with Crippen LogP contribution in [0.1, 0.15) is 30.0 Å². The van der Waals surface area contributed by atoms with E-state index < -0.39 is 0 Å². The molecule has 0 aromatic carbocycles. The fourth-order valence-electron chi connectivity index (χ4n) is 1.31. The highest BCUT2D eigenvalue weighted by molar-refractivity contribution is 5.24. The van der Waals surface area contributed by atoms with Gasteiger partial charge in [0.05, 0.1) is 0 Å². The first-order valence-electron chi connectivity index (χ1n) is 3.90. The van der Waals surface area contributed by atoms with Gasteiger partial charge in [-0.3, -0.25) is 0 Å². The lowest BCUT2D eigenvalue weighted by atomic mass is 10.1. The van der Waals surface area contributed by atoms with Gasteiger partial charge in [0.15, 0.2) is 0 Å². The lowest BCUT2D eigenvalue weighted by Gasteiger charge is -1.98. The van der Waals surface area contributed by atoms with Gasteiger partial charge in [-0.25, -0.2) is 4.98 Å². The molecule has 0 radical (unpaired) electrons. The molecule has 0 saturated heterocycles. The van der Waals surface area contributed by atoms with Crippen molar-refractivity contribution in [3.05, 3.63) is 29.3 Å². The first-order chi connectivity index (χ1) is 5.25. The van der Waals surface area contributed by atoms with E-state index in [0.717, 1.165) is 11.3 Å². The Morgan fingerprint density at radius 2 is 2.18 bits per heavy atom. The Bertz CT molecular complexity index is 259. The van der Waals surface area contributed by atoms with Gasteiger partial charge >= 0.3 is 0 Å². The van der Waals surface area contributed by atoms with Gasteiger partial charge in [-0.2, -0.15) is 4.39 Å². The van der Waals surface area contributed by atoms with Gasteiger partial charge in [0.25, 0.3) is 0 Å². The average molecular weight is 151 g/mol. The minimum atomic E-state index is -0.341. The molecule has 0 aliphatic heterocycles. The molecule has 1 fully saturated rings. The maximum Gasteiger partial charge on any atom is 0.213 e. The third-order valence-corrected chi connectivity index (χ3v) is 1.99. The first-order valence-corrected chi connectivity index (χ1v) is 3.90. The second-order valence-corrected chi connectivity index (χ2v) is 3.14. The number of nitrogens with zero attached hydrogens (tertiary/aromatic N) is 1. The molecule has 58 valence electrons. The Morgan fingerprint density at radius 3 is 2.73 bits per heavy atom. The smallest absolute Gasteiger partial charge is 0.213 e. The van der Waals surface area contributed by atoms with E-state index in [1.165, 1.54) is 12.8 Å². The molecule has 2 rings (SSSR count). The molecule has 1 aromatic rings. The molecule has 1 aliphatic rings. The minimum absolute atomic E-state index is 0.341. The van der Waals surface area contributed by atoms with Gasteiger partial charge in [0, 0.05) is 5.69 Å². The van der Waals surface area contributed by atoms with E-state index in [1.54, 1.807) is 6.07 Å². The van der Waals surface area contributed by atoms with Crippen molar-refractivity contribution < 1.29 is 4.39 Å². The van der Waals surface area contributed by atoms with Crippen LogP contribution in [0.4, 0.5) is 4.39 Å². The Hall–Kier alpha value is -0.920. The number of aromatic nitrogens is 1. The molecule has 1 nitrogen and oxygen atoms in total. The van der Waals surface area contributed by atoms with Crippen LogP contribution >= 0.6 is 0 Å². The summed E-state index contributed by atoms with van der Waals surface area (Å²) in [5.74, 6) is 0.276. The number of aryl methyl sites for hydroxylation is 1. The highest BCUT2D eigenvalue weighted by atomic mass is 19.1. The number of pyridine rings is 1.